The van der Waals surface area contributed by atoms with E-state index in [0.717, 1.165) is 5.56 Å². The van der Waals surface area contributed by atoms with Gasteiger partial charge in [-0.15, -0.1) is 10.2 Å². The summed E-state index contributed by atoms with van der Waals surface area (Å²) in [6.07, 6.45) is 1.53. The highest BCUT2D eigenvalue weighted by atomic mass is 19.1. The number of hydrogen-bond donors (Lipinski definition) is 1. The maximum absolute atomic E-state index is 13.1. The summed E-state index contributed by atoms with van der Waals surface area (Å²) >= 11 is 0. The minimum absolute atomic E-state index is 0.0928. The summed E-state index contributed by atoms with van der Waals surface area (Å²) in [4.78, 5) is 22.2. The molecule has 9 heteroatoms. The average molecular weight is 404 g/mol. The van der Waals surface area contributed by atoms with Gasteiger partial charge in [-0.05, 0) is 36.4 Å². The fourth-order valence-corrected chi connectivity index (χ4v) is 2.76. The van der Waals surface area contributed by atoms with Gasteiger partial charge in [0.25, 0.3) is 11.8 Å². The minimum atomic E-state index is -0.361. The Bertz CT molecular complexity index is 1200. The summed E-state index contributed by atoms with van der Waals surface area (Å²) in [5, 5.41) is 7.97. The second kappa shape index (κ2) is 7.70. The predicted molar refractivity (Wildman–Crippen MR) is 109 cm³/mol. The van der Waals surface area contributed by atoms with E-state index >= 15 is 0 Å². The summed E-state index contributed by atoms with van der Waals surface area (Å²) in [6, 6.07) is 12.7. The Morgan fingerprint density at radius 2 is 1.60 bits per heavy atom. The van der Waals surface area contributed by atoms with Gasteiger partial charge in [-0.2, -0.15) is 0 Å². The Labute approximate surface area is 171 Å². The topological polar surface area (TPSA) is 111 Å². The number of amides is 1. The monoisotopic (exact) mass is 404 g/mol. The smallest absolute Gasteiger partial charge is 0.270 e. The molecule has 0 aliphatic heterocycles. The first-order valence-corrected chi connectivity index (χ1v) is 8.97. The molecule has 0 atom stereocenters. The van der Waals surface area contributed by atoms with E-state index in [9.17, 15) is 9.18 Å². The van der Waals surface area contributed by atoms with Crippen LogP contribution in [0.25, 0.3) is 34.3 Å². The van der Waals surface area contributed by atoms with Gasteiger partial charge >= 0.3 is 0 Å². The first-order chi connectivity index (χ1) is 14.4. The van der Waals surface area contributed by atoms with Crippen molar-refractivity contribution in [2.75, 3.05) is 19.8 Å². The van der Waals surface area contributed by atoms with Crippen LogP contribution in [0.4, 0.5) is 10.2 Å². The number of anilines is 1. The van der Waals surface area contributed by atoms with E-state index in [-0.39, 0.29) is 35.0 Å². The molecule has 0 fully saturated rings. The highest BCUT2D eigenvalue weighted by Gasteiger charge is 2.17. The summed E-state index contributed by atoms with van der Waals surface area (Å²) in [5.74, 6) is -0.0133. The maximum Gasteiger partial charge on any atom is 0.270 e. The van der Waals surface area contributed by atoms with Crippen LogP contribution in [0.3, 0.4) is 0 Å². The standard InChI is InChI=1S/C21H17FN6O2/c1-28(2)21(29)14-5-3-12(4-6-14)16-11-24-18(23)17(25-16)20-27-26-19(30-20)13-7-9-15(22)10-8-13/h3-11H,1-2H3,(H2,23,24). The Balaban J connectivity index is 1.66. The number of halogens is 1. The number of carbonyl (C=O) groups excluding carboxylic acids is 1. The fraction of sp³-hybridized carbons (Fsp3) is 0.0952. The molecule has 0 radical (unpaired) electrons. The number of aromatic nitrogens is 4. The molecular weight excluding hydrogens is 387 g/mol. The van der Waals surface area contributed by atoms with Gasteiger partial charge in [0.2, 0.25) is 5.89 Å². The van der Waals surface area contributed by atoms with Crippen molar-refractivity contribution in [1.82, 2.24) is 25.1 Å². The molecule has 8 nitrogen and oxygen atoms in total. The Morgan fingerprint density at radius 1 is 0.967 bits per heavy atom. The first-order valence-electron chi connectivity index (χ1n) is 8.97. The van der Waals surface area contributed by atoms with Crippen molar-refractivity contribution in [3.8, 4) is 34.3 Å². The van der Waals surface area contributed by atoms with Crippen LogP contribution in [-0.4, -0.2) is 45.1 Å². The molecule has 0 aliphatic rings. The van der Waals surface area contributed by atoms with Crippen LogP contribution in [0.2, 0.25) is 0 Å². The van der Waals surface area contributed by atoms with Crippen LogP contribution >= 0.6 is 0 Å². The molecule has 2 aromatic carbocycles. The number of nitrogens with two attached hydrogens (primary N) is 1. The van der Waals surface area contributed by atoms with Crippen molar-refractivity contribution in [3.05, 3.63) is 66.1 Å². The highest BCUT2D eigenvalue weighted by molar-refractivity contribution is 5.94. The molecule has 0 unspecified atom stereocenters. The van der Waals surface area contributed by atoms with Crippen LogP contribution in [0.1, 0.15) is 10.4 Å². The molecule has 4 rings (SSSR count). The molecule has 1 amide bonds. The van der Waals surface area contributed by atoms with E-state index in [4.69, 9.17) is 10.2 Å². The van der Waals surface area contributed by atoms with Gasteiger partial charge in [0.1, 0.15) is 5.82 Å². The first kappa shape index (κ1) is 19.2. The van der Waals surface area contributed by atoms with E-state index in [2.05, 4.69) is 20.2 Å². The maximum atomic E-state index is 13.1. The summed E-state index contributed by atoms with van der Waals surface area (Å²) in [6.45, 7) is 0. The zero-order chi connectivity index (χ0) is 21.3. The highest BCUT2D eigenvalue weighted by Crippen LogP contribution is 2.28. The van der Waals surface area contributed by atoms with Crippen molar-refractivity contribution >= 4 is 11.7 Å². The lowest BCUT2D eigenvalue weighted by molar-refractivity contribution is 0.0827. The SMILES string of the molecule is CN(C)C(=O)c1ccc(-c2cnc(N)c(-c3nnc(-c4ccc(F)cc4)o3)n2)cc1. The average Bonchev–Trinajstić information content (AvgIpc) is 3.24. The van der Waals surface area contributed by atoms with Crippen LogP contribution in [-0.2, 0) is 0 Å². The molecule has 0 saturated heterocycles. The van der Waals surface area contributed by atoms with Crippen molar-refractivity contribution in [1.29, 1.82) is 0 Å². The molecule has 30 heavy (non-hydrogen) atoms. The molecule has 0 bridgehead atoms. The lowest BCUT2D eigenvalue weighted by atomic mass is 10.1. The summed E-state index contributed by atoms with van der Waals surface area (Å²) in [5.41, 5.74) is 8.61. The summed E-state index contributed by atoms with van der Waals surface area (Å²) < 4.78 is 18.8. The second-order valence-corrected chi connectivity index (χ2v) is 6.69. The molecule has 0 saturated carbocycles. The van der Waals surface area contributed by atoms with Crippen molar-refractivity contribution < 1.29 is 13.6 Å². The summed E-state index contributed by atoms with van der Waals surface area (Å²) in [7, 11) is 3.39. The number of nitrogen functional groups attached to an aromatic ring is 1. The van der Waals surface area contributed by atoms with Gasteiger partial charge in [0, 0.05) is 30.8 Å². The lowest BCUT2D eigenvalue weighted by Crippen LogP contribution is -2.21. The van der Waals surface area contributed by atoms with Crippen molar-refractivity contribution in [2.24, 2.45) is 0 Å². The third-order valence-corrected chi connectivity index (χ3v) is 4.35. The molecule has 2 heterocycles. The van der Waals surface area contributed by atoms with Gasteiger partial charge < -0.3 is 15.1 Å². The molecule has 0 aliphatic carbocycles. The van der Waals surface area contributed by atoms with Gasteiger partial charge in [0.05, 0.1) is 11.9 Å². The normalized spacial score (nSPS) is 10.8. The third-order valence-electron chi connectivity index (χ3n) is 4.35. The number of benzene rings is 2. The van der Waals surface area contributed by atoms with Crippen LogP contribution < -0.4 is 5.73 Å². The van der Waals surface area contributed by atoms with E-state index in [1.54, 1.807) is 38.4 Å². The van der Waals surface area contributed by atoms with Gasteiger partial charge in [-0.3, -0.25) is 4.79 Å². The van der Waals surface area contributed by atoms with Crippen molar-refractivity contribution in [3.63, 3.8) is 0 Å². The minimum Gasteiger partial charge on any atom is -0.414 e. The zero-order valence-electron chi connectivity index (χ0n) is 16.2. The zero-order valence-corrected chi connectivity index (χ0v) is 16.2. The molecule has 2 aromatic heterocycles. The molecule has 4 aromatic rings. The van der Waals surface area contributed by atoms with Gasteiger partial charge in [-0.1, -0.05) is 12.1 Å². The largest absolute Gasteiger partial charge is 0.414 e. The molecule has 150 valence electrons. The van der Waals surface area contributed by atoms with E-state index in [1.807, 2.05) is 0 Å². The fourth-order valence-electron chi connectivity index (χ4n) is 2.76. The molecular formula is C21H17FN6O2. The van der Waals surface area contributed by atoms with Crippen LogP contribution in [0, 0.1) is 5.82 Å². The Kier molecular flexibility index (Phi) is 4.93. The Hall–Kier alpha value is -4.14. The molecule has 2 N–H and O–H groups in total. The lowest BCUT2D eigenvalue weighted by Gasteiger charge is -2.10. The number of rotatable bonds is 4. The second-order valence-electron chi connectivity index (χ2n) is 6.69. The van der Waals surface area contributed by atoms with E-state index < -0.39 is 0 Å². The Morgan fingerprint density at radius 3 is 2.27 bits per heavy atom. The van der Waals surface area contributed by atoms with Gasteiger partial charge in [0.15, 0.2) is 11.5 Å². The third kappa shape index (κ3) is 3.72. The number of nitrogens with zero attached hydrogens (tertiary/aromatic N) is 5. The van der Waals surface area contributed by atoms with E-state index in [0.29, 0.717) is 16.8 Å². The quantitative estimate of drug-likeness (QED) is 0.555. The van der Waals surface area contributed by atoms with Crippen LogP contribution in [0.15, 0.2) is 59.1 Å². The molecule has 0 spiro atoms. The van der Waals surface area contributed by atoms with Crippen LogP contribution in [0.5, 0.6) is 0 Å². The van der Waals surface area contributed by atoms with Gasteiger partial charge in [-0.25, -0.2) is 14.4 Å². The van der Waals surface area contributed by atoms with Crippen molar-refractivity contribution in [2.45, 2.75) is 0 Å². The number of hydrogen-bond acceptors (Lipinski definition) is 7. The predicted octanol–water partition coefficient (Wildman–Crippen LogP) is 3.28. The number of carbonyl (C=O) groups is 1. The van der Waals surface area contributed by atoms with E-state index in [1.165, 1.54) is 35.4 Å².